The van der Waals surface area contributed by atoms with Gasteiger partial charge < -0.3 is 9.32 Å². The van der Waals surface area contributed by atoms with Crippen LogP contribution < -0.4 is 4.90 Å². The van der Waals surface area contributed by atoms with Gasteiger partial charge in [0.2, 0.25) is 0 Å². The molecule has 0 N–H and O–H groups in total. The Labute approximate surface area is 322 Å². The van der Waals surface area contributed by atoms with E-state index in [1.807, 2.05) is 11.3 Å². The molecule has 0 spiro atoms. The van der Waals surface area contributed by atoms with E-state index < -0.39 is 0 Å². The second kappa shape index (κ2) is 12.9. The molecule has 3 heteroatoms. The Kier molecular flexibility index (Phi) is 7.39. The summed E-state index contributed by atoms with van der Waals surface area (Å²) >= 11 is 1.86. The Bertz CT molecular complexity index is 3190. The Morgan fingerprint density at radius 2 is 0.927 bits per heavy atom. The summed E-state index contributed by atoms with van der Waals surface area (Å²) < 4.78 is 9.64. The van der Waals surface area contributed by atoms with Gasteiger partial charge >= 0.3 is 0 Å². The highest BCUT2D eigenvalue weighted by atomic mass is 32.1. The number of benzene rings is 9. The van der Waals surface area contributed by atoms with E-state index in [2.05, 4.69) is 205 Å². The number of anilines is 3. The van der Waals surface area contributed by atoms with Gasteiger partial charge in [0.05, 0.1) is 11.4 Å². The quantitative estimate of drug-likeness (QED) is 0.170. The van der Waals surface area contributed by atoms with Gasteiger partial charge in [-0.2, -0.15) is 0 Å². The van der Waals surface area contributed by atoms with Crippen molar-refractivity contribution in [3.8, 4) is 33.4 Å². The van der Waals surface area contributed by atoms with Crippen LogP contribution in [-0.4, -0.2) is 0 Å². The average molecular weight is 720 g/mol. The number of furan rings is 1. The number of para-hydroxylation sites is 2. The number of nitrogens with zero attached hydrogens (tertiary/aromatic N) is 1. The van der Waals surface area contributed by atoms with Crippen LogP contribution in [0, 0.1) is 0 Å². The molecule has 0 aliphatic carbocycles. The van der Waals surface area contributed by atoms with E-state index in [1.165, 1.54) is 53.2 Å². The molecule has 0 radical (unpaired) electrons. The van der Waals surface area contributed by atoms with Gasteiger partial charge in [-0.25, -0.2) is 0 Å². The third kappa shape index (κ3) is 5.24. The van der Waals surface area contributed by atoms with Crippen LogP contribution in [0.4, 0.5) is 17.1 Å². The van der Waals surface area contributed by atoms with Crippen molar-refractivity contribution in [3.05, 3.63) is 200 Å². The largest absolute Gasteiger partial charge is 0.453 e. The summed E-state index contributed by atoms with van der Waals surface area (Å²) in [7, 11) is 0. The van der Waals surface area contributed by atoms with Crippen molar-refractivity contribution in [2.75, 3.05) is 4.90 Å². The zero-order chi connectivity index (χ0) is 36.3. The van der Waals surface area contributed by atoms with E-state index in [1.54, 1.807) is 0 Å². The second-order valence-electron chi connectivity index (χ2n) is 14.0. The summed E-state index contributed by atoms with van der Waals surface area (Å²) in [4.78, 5) is 2.38. The summed E-state index contributed by atoms with van der Waals surface area (Å²) in [6.07, 6.45) is 0. The van der Waals surface area contributed by atoms with E-state index in [0.29, 0.717) is 0 Å². The SMILES string of the molecule is c1ccc(-c2ccc(N(c3ccc(-c4ccc5c(c4)sc4ccccc45)cc3)c3cccc4c3oc3c(-c5ccccc5)cccc34)c3ccccc23)cc1. The first-order chi connectivity index (χ1) is 27.3. The standard InChI is InChI=1S/C52H33NOS/c1-3-13-35(14-4-1)39-31-32-47(42-18-8-7-17-41(39)42)53(38-28-25-34(26-29-38)37-27-30-44-43-19-9-10-24-49(43)55-50(44)33-37)48-23-12-22-46-45-21-11-20-40(51(45)54-52(46)48)36-15-5-2-6-16-36/h1-33H. The highest BCUT2D eigenvalue weighted by molar-refractivity contribution is 7.25. The second-order valence-corrected chi connectivity index (χ2v) is 15.1. The van der Waals surface area contributed by atoms with E-state index in [9.17, 15) is 0 Å². The van der Waals surface area contributed by atoms with Crippen LogP contribution in [0.3, 0.4) is 0 Å². The van der Waals surface area contributed by atoms with Gasteiger partial charge in [-0.1, -0.05) is 164 Å². The Morgan fingerprint density at radius 1 is 0.327 bits per heavy atom. The number of hydrogen-bond acceptors (Lipinski definition) is 3. The number of fused-ring (bicyclic) bond motifs is 7. The zero-order valence-electron chi connectivity index (χ0n) is 29.8. The molecule has 0 saturated carbocycles. The zero-order valence-corrected chi connectivity index (χ0v) is 30.6. The first-order valence-electron chi connectivity index (χ1n) is 18.7. The molecule has 0 saturated heterocycles. The average Bonchev–Trinajstić information content (AvgIpc) is 3.83. The fraction of sp³-hybridized carbons (Fsp3) is 0. The Morgan fingerprint density at radius 3 is 1.71 bits per heavy atom. The van der Waals surface area contributed by atoms with E-state index in [4.69, 9.17) is 4.42 Å². The number of hydrogen-bond donors (Lipinski definition) is 0. The summed E-state index contributed by atoms with van der Waals surface area (Å²) in [5, 5.41) is 7.20. The lowest BCUT2D eigenvalue weighted by atomic mass is 9.96. The highest BCUT2D eigenvalue weighted by Crippen LogP contribution is 2.47. The molecule has 0 amide bonds. The van der Waals surface area contributed by atoms with E-state index in [-0.39, 0.29) is 0 Å². The van der Waals surface area contributed by atoms with Crippen molar-refractivity contribution < 1.29 is 4.42 Å². The maximum atomic E-state index is 7.02. The van der Waals surface area contributed by atoms with Crippen LogP contribution in [-0.2, 0) is 0 Å². The molecule has 11 rings (SSSR count). The minimum absolute atomic E-state index is 0.858. The predicted octanol–water partition coefficient (Wildman–Crippen LogP) is 15.6. The maximum Gasteiger partial charge on any atom is 0.159 e. The molecule has 2 heterocycles. The molecule has 0 bridgehead atoms. The van der Waals surface area contributed by atoms with Crippen LogP contribution in [0.2, 0.25) is 0 Å². The topological polar surface area (TPSA) is 16.4 Å². The van der Waals surface area contributed by atoms with Gasteiger partial charge in [-0.15, -0.1) is 11.3 Å². The highest BCUT2D eigenvalue weighted by Gasteiger charge is 2.23. The first-order valence-corrected chi connectivity index (χ1v) is 19.5. The lowest BCUT2D eigenvalue weighted by Crippen LogP contribution is -2.11. The molecule has 55 heavy (non-hydrogen) atoms. The van der Waals surface area contributed by atoms with Gasteiger partial charge in [0, 0.05) is 47.6 Å². The number of rotatable bonds is 6. The van der Waals surface area contributed by atoms with Crippen LogP contribution in [0.1, 0.15) is 0 Å². The molecule has 2 nitrogen and oxygen atoms in total. The minimum atomic E-state index is 0.858. The van der Waals surface area contributed by atoms with Crippen molar-refractivity contribution in [1.29, 1.82) is 0 Å². The van der Waals surface area contributed by atoms with Gasteiger partial charge in [-0.05, 0) is 69.6 Å². The smallest absolute Gasteiger partial charge is 0.159 e. The monoisotopic (exact) mass is 719 g/mol. The Hall–Kier alpha value is -6.94. The molecule has 2 aromatic heterocycles. The van der Waals surface area contributed by atoms with Gasteiger partial charge in [0.15, 0.2) is 5.58 Å². The molecular weight excluding hydrogens is 687 g/mol. The maximum absolute atomic E-state index is 7.02. The van der Waals surface area contributed by atoms with Crippen LogP contribution in [0.25, 0.3) is 86.3 Å². The lowest BCUT2D eigenvalue weighted by molar-refractivity contribution is 0.670. The number of thiophene rings is 1. The summed E-state index contributed by atoms with van der Waals surface area (Å²) in [5.41, 5.74) is 11.9. The molecule has 11 aromatic rings. The van der Waals surface area contributed by atoms with Crippen LogP contribution >= 0.6 is 11.3 Å². The summed E-state index contributed by atoms with van der Waals surface area (Å²) in [6.45, 7) is 0. The molecule has 0 aliphatic heterocycles. The normalized spacial score (nSPS) is 11.6. The molecule has 0 unspecified atom stereocenters. The van der Waals surface area contributed by atoms with Crippen molar-refractivity contribution >= 4 is 81.3 Å². The molecule has 258 valence electrons. The molecule has 0 fully saturated rings. The fourth-order valence-corrected chi connectivity index (χ4v) is 9.44. The molecular formula is C52H33NOS. The third-order valence-corrected chi connectivity index (χ3v) is 12.0. The van der Waals surface area contributed by atoms with Crippen molar-refractivity contribution in [2.24, 2.45) is 0 Å². The van der Waals surface area contributed by atoms with E-state index >= 15 is 0 Å². The van der Waals surface area contributed by atoms with E-state index in [0.717, 1.165) is 50.1 Å². The van der Waals surface area contributed by atoms with Crippen molar-refractivity contribution in [1.82, 2.24) is 0 Å². The third-order valence-electron chi connectivity index (χ3n) is 10.9. The minimum Gasteiger partial charge on any atom is -0.453 e. The summed E-state index contributed by atoms with van der Waals surface area (Å²) in [5.74, 6) is 0. The van der Waals surface area contributed by atoms with Crippen molar-refractivity contribution in [2.45, 2.75) is 0 Å². The molecule has 0 aliphatic rings. The van der Waals surface area contributed by atoms with Gasteiger partial charge in [0.25, 0.3) is 0 Å². The van der Waals surface area contributed by atoms with Crippen molar-refractivity contribution in [3.63, 3.8) is 0 Å². The summed E-state index contributed by atoms with van der Waals surface area (Å²) in [6, 6.07) is 72.0. The molecule has 0 atom stereocenters. The van der Waals surface area contributed by atoms with Crippen LogP contribution in [0.5, 0.6) is 0 Å². The predicted molar refractivity (Wildman–Crippen MR) is 235 cm³/mol. The first kappa shape index (κ1) is 31.6. The van der Waals surface area contributed by atoms with Gasteiger partial charge in [0.1, 0.15) is 5.58 Å². The Balaban J connectivity index is 1.12. The van der Waals surface area contributed by atoms with Gasteiger partial charge in [-0.3, -0.25) is 0 Å². The lowest BCUT2D eigenvalue weighted by Gasteiger charge is -2.27. The molecule has 9 aromatic carbocycles. The van der Waals surface area contributed by atoms with Crippen LogP contribution in [0.15, 0.2) is 205 Å². The fourth-order valence-electron chi connectivity index (χ4n) is 8.29.